The van der Waals surface area contributed by atoms with E-state index in [0.29, 0.717) is 12.8 Å². The van der Waals surface area contributed by atoms with E-state index in [1.165, 1.54) is 186 Å². The molecule has 0 heterocycles. The van der Waals surface area contributed by atoms with Crippen LogP contribution in [0.3, 0.4) is 0 Å². The van der Waals surface area contributed by atoms with Crippen LogP contribution in [0.15, 0.2) is 146 Å². The van der Waals surface area contributed by atoms with E-state index < -0.39 is 6.10 Å². The number of ether oxygens (including phenoxy) is 2. The zero-order valence-electron chi connectivity index (χ0n) is 56.3. The van der Waals surface area contributed by atoms with Gasteiger partial charge in [-0.25, -0.2) is 0 Å². The molecule has 0 amide bonds. The first-order valence-corrected chi connectivity index (χ1v) is 36.4. The van der Waals surface area contributed by atoms with Gasteiger partial charge >= 0.3 is 11.9 Å². The normalized spacial score (nSPS) is 13.1. The third kappa shape index (κ3) is 72.3. The van der Waals surface area contributed by atoms with Gasteiger partial charge in [-0.05, 0) is 116 Å². The molecule has 1 N–H and O–H groups in total. The molecule has 0 saturated heterocycles. The van der Waals surface area contributed by atoms with Gasteiger partial charge < -0.3 is 14.6 Å². The van der Waals surface area contributed by atoms with Crippen LogP contribution in [0.4, 0.5) is 0 Å². The van der Waals surface area contributed by atoms with Crippen LogP contribution in [-0.2, 0) is 19.1 Å². The summed E-state index contributed by atoms with van der Waals surface area (Å²) in [6.45, 7) is 3.93. The van der Waals surface area contributed by atoms with Crippen molar-refractivity contribution in [3.63, 3.8) is 0 Å². The van der Waals surface area contributed by atoms with Crippen molar-refractivity contribution in [3.8, 4) is 0 Å². The Morgan fingerprint density at radius 1 is 0.267 bits per heavy atom. The topological polar surface area (TPSA) is 72.8 Å². The molecule has 5 nitrogen and oxygen atoms in total. The SMILES string of the molecule is CC/C=C\C/C=C\C/C=C\C/C=C\C/C=C\C/C=C\C/C=C\C/C=C\CCCCCCCCCCC(=O)OC(CO)COC(=O)CCCCCCCCCCCCCCCCCCCCCCCCCCCC/C=C\C/C=C\C/C=C\C/C=C\CC. The van der Waals surface area contributed by atoms with Crippen LogP contribution in [0.2, 0.25) is 0 Å². The molecule has 0 bridgehead atoms. The number of esters is 2. The van der Waals surface area contributed by atoms with Gasteiger partial charge in [0.05, 0.1) is 6.61 Å². The Morgan fingerprint density at radius 3 is 0.698 bits per heavy atom. The highest BCUT2D eigenvalue weighted by Crippen LogP contribution is 2.18. The summed E-state index contributed by atoms with van der Waals surface area (Å²) in [5.41, 5.74) is 0. The number of unbranched alkanes of at least 4 members (excludes halogenated alkanes) is 34. The molecule has 1 unspecified atom stereocenters. The van der Waals surface area contributed by atoms with Gasteiger partial charge in [0.15, 0.2) is 6.10 Å². The molecular weight excluding hydrogens is 1050 g/mol. The van der Waals surface area contributed by atoms with Crippen molar-refractivity contribution in [1.29, 1.82) is 0 Å². The molecule has 0 aromatic rings. The molecule has 0 saturated carbocycles. The summed E-state index contributed by atoms with van der Waals surface area (Å²) in [5.74, 6) is -0.594. The van der Waals surface area contributed by atoms with E-state index in [-0.39, 0.29) is 25.2 Å². The highest BCUT2D eigenvalue weighted by atomic mass is 16.6. The number of allylic oxidation sites excluding steroid dienone is 24. The molecule has 0 aliphatic carbocycles. The van der Waals surface area contributed by atoms with Crippen LogP contribution < -0.4 is 0 Å². The fourth-order valence-corrected chi connectivity index (χ4v) is 10.3. The monoisotopic (exact) mass is 1190 g/mol. The zero-order valence-corrected chi connectivity index (χ0v) is 56.3. The summed E-state index contributed by atoms with van der Waals surface area (Å²) in [4.78, 5) is 24.7. The lowest BCUT2D eigenvalue weighted by atomic mass is 10.0. The van der Waals surface area contributed by atoms with Gasteiger partial charge in [0.2, 0.25) is 0 Å². The van der Waals surface area contributed by atoms with Crippen LogP contribution in [-0.4, -0.2) is 36.4 Å². The Balaban J connectivity index is 3.48. The predicted molar refractivity (Wildman–Crippen MR) is 380 cm³/mol. The largest absolute Gasteiger partial charge is 0.462 e. The van der Waals surface area contributed by atoms with Gasteiger partial charge in [0, 0.05) is 12.8 Å². The third-order valence-corrected chi connectivity index (χ3v) is 15.6. The number of carbonyl (C=O) groups is 2. The van der Waals surface area contributed by atoms with Crippen molar-refractivity contribution < 1.29 is 24.2 Å². The molecule has 0 aliphatic rings. The molecule has 86 heavy (non-hydrogen) atoms. The van der Waals surface area contributed by atoms with E-state index in [1.807, 2.05) is 0 Å². The van der Waals surface area contributed by atoms with E-state index in [9.17, 15) is 14.7 Å². The number of hydrogen-bond donors (Lipinski definition) is 1. The van der Waals surface area contributed by atoms with E-state index >= 15 is 0 Å². The number of aliphatic hydroxyl groups excluding tert-OH is 1. The first-order valence-electron chi connectivity index (χ1n) is 36.4. The molecule has 0 radical (unpaired) electrons. The number of aliphatic hydroxyl groups is 1. The van der Waals surface area contributed by atoms with E-state index in [4.69, 9.17) is 9.47 Å². The quantitative estimate of drug-likeness (QED) is 0.0373. The zero-order chi connectivity index (χ0) is 61.9. The lowest BCUT2D eigenvalue weighted by Gasteiger charge is -2.15. The number of rotatable bonds is 66. The lowest BCUT2D eigenvalue weighted by molar-refractivity contribution is -0.161. The van der Waals surface area contributed by atoms with Gasteiger partial charge in [-0.15, -0.1) is 0 Å². The first kappa shape index (κ1) is 81.8. The highest BCUT2D eigenvalue weighted by molar-refractivity contribution is 5.70. The van der Waals surface area contributed by atoms with E-state index in [2.05, 4.69) is 160 Å². The summed E-state index contributed by atoms with van der Waals surface area (Å²) in [5, 5.41) is 9.71. The molecule has 0 spiro atoms. The average molecular weight is 1190 g/mol. The fourth-order valence-electron chi connectivity index (χ4n) is 10.3. The Morgan fingerprint density at radius 2 is 0.465 bits per heavy atom. The summed E-state index contributed by atoms with van der Waals surface area (Å²) < 4.78 is 10.8. The molecule has 1 atom stereocenters. The van der Waals surface area contributed by atoms with Crippen molar-refractivity contribution in [2.75, 3.05) is 13.2 Å². The molecule has 0 aromatic heterocycles. The van der Waals surface area contributed by atoms with E-state index in [1.54, 1.807) is 0 Å². The Labute approximate surface area is 533 Å². The maximum Gasteiger partial charge on any atom is 0.306 e. The Hall–Kier alpha value is -4.22. The fraction of sp³-hybridized carbons (Fsp3) is 0.679. The van der Waals surface area contributed by atoms with Crippen LogP contribution in [0.5, 0.6) is 0 Å². The van der Waals surface area contributed by atoms with Crippen molar-refractivity contribution >= 4 is 11.9 Å². The third-order valence-electron chi connectivity index (χ3n) is 15.6. The molecule has 0 aromatic carbocycles. The van der Waals surface area contributed by atoms with Crippen molar-refractivity contribution in [3.05, 3.63) is 146 Å². The minimum Gasteiger partial charge on any atom is -0.462 e. The second-order valence-corrected chi connectivity index (χ2v) is 23.9. The van der Waals surface area contributed by atoms with Gasteiger partial charge in [-0.1, -0.05) is 352 Å². The Bertz CT molecular complexity index is 1780. The maximum absolute atomic E-state index is 12.4. The van der Waals surface area contributed by atoms with Gasteiger partial charge in [-0.3, -0.25) is 9.59 Å². The lowest BCUT2D eigenvalue weighted by Crippen LogP contribution is -2.28. The smallest absolute Gasteiger partial charge is 0.306 e. The van der Waals surface area contributed by atoms with Gasteiger partial charge in [0.25, 0.3) is 0 Å². The molecule has 0 rings (SSSR count). The van der Waals surface area contributed by atoms with Gasteiger partial charge in [-0.2, -0.15) is 0 Å². The highest BCUT2D eigenvalue weighted by Gasteiger charge is 2.16. The number of carbonyl (C=O) groups excluding carboxylic acids is 2. The second kappa shape index (κ2) is 75.0. The van der Waals surface area contributed by atoms with Crippen LogP contribution in [0, 0.1) is 0 Å². The van der Waals surface area contributed by atoms with Crippen molar-refractivity contribution in [1.82, 2.24) is 0 Å². The predicted octanol–water partition coefficient (Wildman–Crippen LogP) is 25.7. The van der Waals surface area contributed by atoms with Gasteiger partial charge in [0.1, 0.15) is 6.61 Å². The second-order valence-electron chi connectivity index (χ2n) is 23.9. The summed E-state index contributed by atoms with van der Waals surface area (Å²) in [6.07, 6.45) is 113. The Kier molecular flexibility index (Phi) is 71.3. The molecule has 0 aliphatic heterocycles. The molecule has 490 valence electrons. The maximum atomic E-state index is 12.4. The first-order chi connectivity index (χ1) is 42.6. The molecule has 0 fully saturated rings. The number of hydrogen-bond acceptors (Lipinski definition) is 5. The minimum atomic E-state index is -0.786. The standard InChI is InChI=1S/C81H136O5/c1-3-5-7-9-11-13-15-17-19-21-23-25-27-29-31-33-35-37-38-39-40-41-42-44-45-47-49-51-53-55-57-59-61-63-65-67-69-71-73-75-80(83)85-78-79(77-82)86-81(84)76-74-72-70-68-66-64-62-60-58-56-54-52-50-48-46-43-36-34-32-30-28-26-24-22-20-18-16-14-12-10-8-6-4-2/h5-8,11-14,17-20,23-26,30,32,36,43,48,50,54,56,79,82H,3-4,9-10,15-16,21-22,27-29,31,33-35,37-42,44-47,49,51-53,55,57-78H2,1-2H3/b7-5-,8-6-,13-11-,14-12-,19-17-,20-18-,25-23-,26-24-,32-30-,43-36-,50-48-,56-54-. The molecule has 5 heteroatoms. The molecular formula is C81H136O5. The van der Waals surface area contributed by atoms with Crippen LogP contribution in [0.1, 0.15) is 335 Å². The van der Waals surface area contributed by atoms with Crippen LogP contribution >= 0.6 is 0 Å². The van der Waals surface area contributed by atoms with Crippen LogP contribution in [0.25, 0.3) is 0 Å². The summed E-state index contributed by atoms with van der Waals surface area (Å²) >= 11 is 0. The minimum absolute atomic E-state index is 0.0731. The summed E-state index contributed by atoms with van der Waals surface area (Å²) in [7, 11) is 0. The average Bonchev–Trinajstić information content (AvgIpc) is 3.55. The van der Waals surface area contributed by atoms with Crippen molar-refractivity contribution in [2.45, 2.75) is 341 Å². The van der Waals surface area contributed by atoms with Crippen molar-refractivity contribution in [2.24, 2.45) is 0 Å². The van der Waals surface area contributed by atoms with E-state index in [0.717, 1.165) is 122 Å². The summed E-state index contributed by atoms with van der Waals surface area (Å²) in [6, 6.07) is 0.